The molecule has 1 saturated carbocycles. The highest BCUT2D eigenvalue weighted by Crippen LogP contribution is 2.48. The lowest BCUT2D eigenvalue weighted by molar-refractivity contribution is 0.278. The summed E-state index contributed by atoms with van der Waals surface area (Å²) >= 11 is 0. The summed E-state index contributed by atoms with van der Waals surface area (Å²) in [6, 6.07) is 2.22. The largest absolute Gasteiger partial charge is 0.392 e. The second-order valence-corrected chi connectivity index (χ2v) is 4.07. The fraction of sp³-hybridized carbons (Fsp3) is 0.455. The Morgan fingerprint density at radius 2 is 1.87 bits per heavy atom. The van der Waals surface area contributed by atoms with E-state index in [1.807, 2.05) is 0 Å². The van der Waals surface area contributed by atoms with Gasteiger partial charge in [0.15, 0.2) is 11.6 Å². The van der Waals surface area contributed by atoms with Crippen molar-refractivity contribution in [1.29, 1.82) is 0 Å². The van der Waals surface area contributed by atoms with E-state index in [0.29, 0.717) is 17.7 Å². The van der Waals surface area contributed by atoms with Gasteiger partial charge in [-0.3, -0.25) is 0 Å². The van der Waals surface area contributed by atoms with Gasteiger partial charge in [-0.05, 0) is 36.1 Å². The van der Waals surface area contributed by atoms with Crippen LogP contribution in [0.15, 0.2) is 12.1 Å². The molecule has 82 valence electrons. The SMILES string of the molecule is NCC1(c2cc(F)c(F)cc2CO)CC1. The molecule has 0 aliphatic heterocycles. The minimum atomic E-state index is -0.921. The van der Waals surface area contributed by atoms with E-state index < -0.39 is 11.6 Å². The first-order valence-electron chi connectivity index (χ1n) is 4.92. The van der Waals surface area contributed by atoms with Gasteiger partial charge in [0.05, 0.1) is 6.61 Å². The van der Waals surface area contributed by atoms with Crippen LogP contribution in [0.5, 0.6) is 0 Å². The predicted octanol–water partition coefficient (Wildman–Crippen LogP) is 1.45. The summed E-state index contributed by atoms with van der Waals surface area (Å²) in [7, 11) is 0. The molecule has 1 aromatic rings. The molecule has 2 rings (SSSR count). The lowest BCUT2D eigenvalue weighted by Gasteiger charge is -2.17. The average molecular weight is 213 g/mol. The number of benzene rings is 1. The van der Waals surface area contributed by atoms with E-state index in [2.05, 4.69) is 0 Å². The highest BCUT2D eigenvalue weighted by molar-refractivity contribution is 5.39. The van der Waals surface area contributed by atoms with E-state index in [0.717, 1.165) is 18.9 Å². The van der Waals surface area contributed by atoms with Gasteiger partial charge in [0.1, 0.15) is 0 Å². The number of aliphatic hydroxyl groups excluding tert-OH is 1. The van der Waals surface area contributed by atoms with Gasteiger partial charge >= 0.3 is 0 Å². The maximum Gasteiger partial charge on any atom is 0.159 e. The Morgan fingerprint density at radius 1 is 1.27 bits per heavy atom. The lowest BCUT2D eigenvalue weighted by Crippen LogP contribution is -2.22. The van der Waals surface area contributed by atoms with Gasteiger partial charge in [-0.1, -0.05) is 0 Å². The summed E-state index contributed by atoms with van der Waals surface area (Å²) in [4.78, 5) is 0. The van der Waals surface area contributed by atoms with E-state index in [9.17, 15) is 8.78 Å². The standard InChI is InChI=1S/C11H13F2NO/c12-9-3-7(5-15)8(4-10(9)13)11(6-14)1-2-11/h3-4,15H,1-2,5-6,14H2. The van der Waals surface area contributed by atoms with E-state index >= 15 is 0 Å². The number of hydrogen-bond acceptors (Lipinski definition) is 2. The van der Waals surface area contributed by atoms with Crippen LogP contribution in [0.3, 0.4) is 0 Å². The molecule has 0 aromatic heterocycles. The molecule has 1 fully saturated rings. The number of hydrogen-bond donors (Lipinski definition) is 2. The van der Waals surface area contributed by atoms with E-state index in [-0.39, 0.29) is 12.0 Å². The highest BCUT2D eigenvalue weighted by Gasteiger charge is 2.44. The van der Waals surface area contributed by atoms with Gasteiger partial charge < -0.3 is 10.8 Å². The summed E-state index contributed by atoms with van der Waals surface area (Å²) in [6.45, 7) is 0.124. The first kappa shape index (κ1) is 10.5. The molecule has 1 aliphatic carbocycles. The van der Waals surface area contributed by atoms with Gasteiger partial charge in [0.2, 0.25) is 0 Å². The zero-order valence-electron chi connectivity index (χ0n) is 8.26. The Kier molecular flexibility index (Phi) is 2.48. The van der Waals surface area contributed by atoms with Crippen LogP contribution in [0.1, 0.15) is 24.0 Å². The molecular formula is C11H13F2NO. The molecule has 0 radical (unpaired) electrons. The van der Waals surface area contributed by atoms with Crippen LogP contribution in [0.25, 0.3) is 0 Å². The van der Waals surface area contributed by atoms with Crippen molar-refractivity contribution >= 4 is 0 Å². The van der Waals surface area contributed by atoms with Crippen LogP contribution in [-0.4, -0.2) is 11.7 Å². The smallest absolute Gasteiger partial charge is 0.159 e. The fourth-order valence-corrected chi connectivity index (χ4v) is 1.95. The molecule has 0 unspecified atom stereocenters. The summed E-state index contributed by atoms with van der Waals surface area (Å²) in [6.07, 6.45) is 1.75. The van der Waals surface area contributed by atoms with Crippen LogP contribution in [0.2, 0.25) is 0 Å². The van der Waals surface area contributed by atoms with Crippen molar-refractivity contribution in [3.05, 3.63) is 34.9 Å². The quantitative estimate of drug-likeness (QED) is 0.798. The summed E-state index contributed by atoms with van der Waals surface area (Å²) in [5, 5.41) is 9.09. The Balaban J connectivity index is 2.50. The third-order valence-corrected chi connectivity index (χ3v) is 3.13. The topological polar surface area (TPSA) is 46.2 Å². The van der Waals surface area contributed by atoms with E-state index in [1.54, 1.807) is 0 Å². The van der Waals surface area contributed by atoms with Crippen molar-refractivity contribution in [2.45, 2.75) is 24.9 Å². The van der Waals surface area contributed by atoms with Gasteiger partial charge in [-0.15, -0.1) is 0 Å². The molecular weight excluding hydrogens is 200 g/mol. The monoisotopic (exact) mass is 213 g/mol. The molecule has 1 aliphatic rings. The first-order valence-corrected chi connectivity index (χ1v) is 4.92. The third-order valence-electron chi connectivity index (χ3n) is 3.13. The number of nitrogens with two attached hydrogens (primary N) is 1. The summed E-state index contributed by atoms with van der Waals surface area (Å²) in [5.74, 6) is -1.79. The third kappa shape index (κ3) is 1.64. The van der Waals surface area contributed by atoms with Crippen molar-refractivity contribution in [3.63, 3.8) is 0 Å². The molecule has 0 spiro atoms. The fourth-order valence-electron chi connectivity index (χ4n) is 1.95. The average Bonchev–Trinajstić information content (AvgIpc) is 3.02. The molecule has 0 atom stereocenters. The number of rotatable bonds is 3. The maximum absolute atomic E-state index is 13.1. The number of aliphatic hydroxyl groups is 1. The highest BCUT2D eigenvalue weighted by atomic mass is 19.2. The maximum atomic E-state index is 13.1. The van der Waals surface area contributed by atoms with E-state index in [4.69, 9.17) is 10.8 Å². The van der Waals surface area contributed by atoms with Crippen molar-refractivity contribution < 1.29 is 13.9 Å². The Labute approximate surface area is 86.7 Å². The van der Waals surface area contributed by atoms with Crippen molar-refractivity contribution in [2.75, 3.05) is 6.54 Å². The van der Waals surface area contributed by atoms with Crippen LogP contribution in [0.4, 0.5) is 8.78 Å². The Bertz CT molecular complexity index is 388. The molecule has 0 bridgehead atoms. The molecule has 2 nitrogen and oxygen atoms in total. The Morgan fingerprint density at radius 3 is 2.33 bits per heavy atom. The molecule has 1 aromatic carbocycles. The van der Waals surface area contributed by atoms with Crippen molar-refractivity contribution in [2.24, 2.45) is 5.73 Å². The molecule has 15 heavy (non-hydrogen) atoms. The zero-order valence-corrected chi connectivity index (χ0v) is 8.26. The number of halogens is 2. The molecule has 0 saturated heterocycles. The Hall–Kier alpha value is -1.00. The summed E-state index contributed by atoms with van der Waals surface area (Å²) in [5.41, 5.74) is 6.49. The van der Waals surface area contributed by atoms with Crippen LogP contribution < -0.4 is 5.73 Å². The van der Waals surface area contributed by atoms with Gasteiger partial charge in [-0.2, -0.15) is 0 Å². The van der Waals surface area contributed by atoms with E-state index in [1.165, 1.54) is 6.07 Å². The first-order chi connectivity index (χ1) is 7.13. The van der Waals surface area contributed by atoms with Crippen LogP contribution >= 0.6 is 0 Å². The van der Waals surface area contributed by atoms with Gasteiger partial charge in [0.25, 0.3) is 0 Å². The summed E-state index contributed by atoms with van der Waals surface area (Å²) < 4.78 is 26.0. The molecule has 0 heterocycles. The van der Waals surface area contributed by atoms with Crippen molar-refractivity contribution in [1.82, 2.24) is 0 Å². The minimum Gasteiger partial charge on any atom is -0.392 e. The lowest BCUT2D eigenvalue weighted by atomic mass is 9.91. The van der Waals surface area contributed by atoms with Crippen molar-refractivity contribution in [3.8, 4) is 0 Å². The normalized spacial score (nSPS) is 17.9. The minimum absolute atomic E-state index is 0.230. The second kappa shape index (κ2) is 3.54. The molecule has 4 heteroatoms. The zero-order chi connectivity index (χ0) is 11.1. The van der Waals surface area contributed by atoms with Crippen LogP contribution in [-0.2, 0) is 12.0 Å². The van der Waals surface area contributed by atoms with Gasteiger partial charge in [0, 0.05) is 12.0 Å². The molecule has 3 N–H and O–H groups in total. The predicted molar refractivity (Wildman–Crippen MR) is 52.2 cm³/mol. The molecule has 0 amide bonds. The van der Waals surface area contributed by atoms with Gasteiger partial charge in [-0.25, -0.2) is 8.78 Å². The van der Waals surface area contributed by atoms with Crippen LogP contribution in [0, 0.1) is 11.6 Å². The second-order valence-electron chi connectivity index (χ2n) is 4.07.